The summed E-state index contributed by atoms with van der Waals surface area (Å²) in [6.07, 6.45) is -0.562. The summed E-state index contributed by atoms with van der Waals surface area (Å²) in [5.41, 5.74) is 1.79. The normalized spacial score (nSPS) is 16.2. The molecule has 0 spiro atoms. The van der Waals surface area contributed by atoms with Crippen LogP contribution >= 0.6 is 12.4 Å². The molecule has 2 aromatic rings. The molecule has 160 valence electrons. The van der Waals surface area contributed by atoms with E-state index in [-0.39, 0.29) is 30.2 Å². The van der Waals surface area contributed by atoms with Gasteiger partial charge in [0.15, 0.2) is 0 Å². The van der Waals surface area contributed by atoms with Crippen LogP contribution in [0.1, 0.15) is 26.3 Å². The quantitative estimate of drug-likeness (QED) is 0.760. The zero-order chi connectivity index (χ0) is 20.1. The molecule has 29 heavy (non-hydrogen) atoms. The van der Waals surface area contributed by atoms with Crippen LogP contribution in [0.15, 0.2) is 48.5 Å². The van der Waals surface area contributed by atoms with Crippen LogP contribution in [-0.2, 0) is 5.41 Å². The van der Waals surface area contributed by atoms with Gasteiger partial charge in [0.1, 0.15) is 24.3 Å². The van der Waals surface area contributed by atoms with Crippen LogP contribution in [0.4, 0.5) is 10.1 Å². The minimum Gasteiger partial charge on any atom is -0.491 e. The highest BCUT2D eigenvalue weighted by Gasteiger charge is 2.22. The summed E-state index contributed by atoms with van der Waals surface area (Å²) < 4.78 is 19.9. The number of hydrogen-bond donors (Lipinski definition) is 1. The summed E-state index contributed by atoms with van der Waals surface area (Å²) in [7, 11) is 0. The van der Waals surface area contributed by atoms with E-state index >= 15 is 0 Å². The van der Waals surface area contributed by atoms with Gasteiger partial charge in [0.2, 0.25) is 0 Å². The second-order valence-corrected chi connectivity index (χ2v) is 8.45. The second-order valence-electron chi connectivity index (χ2n) is 8.45. The summed E-state index contributed by atoms with van der Waals surface area (Å²) >= 11 is 0. The molecule has 0 aromatic heterocycles. The van der Waals surface area contributed by atoms with Gasteiger partial charge in [0, 0.05) is 32.7 Å². The van der Waals surface area contributed by atoms with E-state index in [0.717, 1.165) is 37.5 Å². The second kappa shape index (κ2) is 10.3. The van der Waals surface area contributed by atoms with Crippen molar-refractivity contribution in [1.82, 2.24) is 4.90 Å². The fourth-order valence-corrected chi connectivity index (χ4v) is 3.63. The van der Waals surface area contributed by atoms with Gasteiger partial charge in [-0.1, -0.05) is 51.1 Å². The highest BCUT2D eigenvalue weighted by Crippen LogP contribution is 2.31. The third kappa shape index (κ3) is 6.33. The zero-order valence-corrected chi connectivity index (χ0v) is 18.3. The first kappa shape index (κ1) is 23.5. The van der Waals surface area contributed by atoms with Crippen molar-refractivity contribution in [1.29, 1.82) is 0 Å². The van der Waals surface area contributed by atoms with E-state index in [2.05, 4.69) is 36.6 Å². The molecule has 2 aromatic carbocycles. The summed E-state index contributed by atoms with van der Waals surface area (Å²) in [5, 5.41) is 10.4. The Hall–Kier alpha value is -1.82. The van der Waals surface area contributed by atoms with Crippen LogP contribution in [0, 0.1) is 5.82 Å². The summed E-state index contributed by atoms with van der Waals surface area (Å²) in [6.45, 7) is 10.4. The van der Waals surface area contributed by atoms with Gasteiger partial charge in [0.05, 0.1) is 5.69 Å². The first-order valence-electron chi connectivity index (χ1n) is 9.97. The van der Waals surface area contributed by atoms with Crippen molar-refractivity contribution in [3.05, 3.63) is 59.9 Å². The van der Waals surface area contributed by atoms with E-state index in [4.69, 9.17) is 4.74 Å². The number of ether oxygens (including phenoxy) is 1. The molecule has 1 N–H and O–H groups in total. The monoisotopic (exact) mass is 422 g/mol. The lowest BCUT2D eigenvalue weighted by Gasteiger charge is -2.37. The number of anilines is 1. The molecule has 1 aliphatic heterocycles. The Balaban J connectivity index is 0.00000300. The average Bonchev–Trinajstić information content (AvgIpc) is 2.67. The van der Waals surface area contributed by atoms with E-state index in [1.165, 1.54) is 6.07 Å². The Morgan fingerprint density at radius 2 is 1.62 bits per heavy atom. The fraction of sp³-hybridized carbons (Fsp3) is 0.478. The number of benzene rings is 2. The van der Waals surface area contributed by atoms with Gasteiger partial charge in [-0.05, 0) is 29.2 Å². The SMILES string of the molecule is CC(C)(C)c1ccccc1OCC(O)CN1CCN(c2ccccc2F)CC1.Cl. The molecule has 4 nitrogen and oxygen atoms in total. The number of halogens is 2. The van der Waals surface area contributed by atoms with Crippen LogP contribution in [0.25, 0.3) is 0 Å². The van der Waals surface area contributed by atoms with E-state index in [0.29, 0.717) is 12.2 Å². The Kier molecular flexibility index (Phi) is 8.32. The van der Waals surface area contributed by atoms with Crippen LogP contribution in [-0.4, -0.2) is 55.4 Å². The van der Waals surface area contributed by atoms with Crippen molar-refractivity contribution in [2.45, 2.75) is 32.3 Å². The van der Waals surface area contributed by atoms with E-state index in [9.17, 15) is 9.50 Å². The highest BCUT2D eigenvalue weighted by atomic mass is 35.5. The van der Waals surface area contributed by atoms with Crippen LogP contribution in [0.5, 0.6) is 5.75 Å². The third-order valence-corrected chi connectivity index (χ3v) is 5.16. The van der Waals surface area contributed by atoms with Gasteiger partial charge in [0.25, 0.3) is 0 Å². The predicted molar refractivity (Wildman–Crippen MR) is 119 cm³/mol. The minimum absolute atomic E-state index is 0. The molecule has 0 aliphatic carbocycles. The predicted octanol–water partition coefficient (Wildman–Crippen LogP) is 4.11. The molecule has 1 fully saturated rings. The van der Waals surface area contributed by atoms with Gasteiger partial charge in [-0.15, -0.1) is 12.4 Å². The molecule has 1 heterocycles. The molecule has 0 amide bonds. The number of β-amino-alcohol motifs (C(OH)–C–C–N with tert-alkyl or cyclic N) is 1. The number of aliphatic hydroxyl groups excluding tert-OH is 1. The van der Waals surface area contributed by atoms with E-state index in [1.807, 2.05) is 30.3 Å². The lowest BCUT2D eigenvalue weighted by Crippen LogP contribution is -2.49. The summed E-state index contributed by atoms with van der Waals surface area (Å²) in [4.78, 5) is 4.27. The fourth-order valence-electron chi connectivity index (χ4n) is 3.63. The van der Waals surface area contributed by atoms with Gasteiger partial charge in [-0.3, -0.25) is 4.90 Å². The molecule has 6 heteroatoms. The van der Waals surface area contributed by atoms with Gasteiger partial charge in [-0.2, -0.15) is 0 Å². The number of nitrogens with zero attached hydrogens (tertiary/aromatic N) is 2. The van der Waals surface area contributed by atoms with Crippen molar-refractivity contribution in [3.63, 3.8) is 0 Å². The lowest BCUT2D eigenvalue weighted by atomic mass is 9.86. The van der Waals surface area contributed by atoms with Crippen molar-refractivity contribution in [3.8, 4) is 5.75 Å². The van der Waals surface area contributed by atoms with Gasteiger partial charge >= 0.3 is 0 Å². The number of piperazine rings is 1. The third-order valence-electron chi connectivity index (χ3n) is 5.16. The molecule has 1 aliphatic rings. The van der Waals surface area contributed by atoms with Crippen molar-refractivity contribution in [2.75, 3.05) is 44.2 Å². The molecule has 1 unspecified atom stereocenters. The van der Waals surface area contributed by atoms with E-state index < -0.39 is 6.10 Å². The molecule has 0 radical (unpaired) electrons. The Bertz CT molecular complexity index is 773. The first-order valence-corrected chi connectivity index (χ1v) is 9.97. The average molecular weight is 423 g/mol. The van der Waals surface area contributed by atoms with Crippen molar-refractivity contribution >= 4 is 18.1 Å². The summed E-state index contributed by atoms with van der Waals surface area (Å²) in [6, 6.07) is 14.9. The van der Waals surface area contributed by atoms with Crippen LogP contribution in [0.3, 0.4) is 0 Å². The number of rotatable bonds is 6. The Labute approximate surface area is 179 Å². The van der Waals surface area contributed by atoms with Gasteiger partial charge < -0.3 is 14.7 Å². The molecule has 0 saturated carbocycles. The molecule has 0 bridgehead atoms. The molecule has 3 rings (SSSR count). The van der Waals surface area contributed by atoms with Crippen LogP contribution in [0.2, 0.25) is 0 Å². The maximum atomic E-state index is 13.9. The topological polar surface area (TPSA) is 35.9 Å². The molecular weight excluding hydrogens is 391 g/mol. The van der Waals surface area contributed by atoms with Gasteiger partial charge in [-0.25, -0.2) is 4.39 Å². The van der Waals surface area contributed by atoms with Crippen molar-refractivity contribution < 1.29 is 14.2 Å². The standard InChI is InChI=1S/C23H31FN2O2.ClH/c1-23(2,3)19-8-4-7-11-22(19)28-17-18(27)16-25-12-14-26(15-13-25)21-10-6-5-9-20(21)24;/h4-11,18,27H,12-17H2,1-3H3;1H. The van der Waals surface area contributed by atoms with E-state index in [1.54, 1.807) is 6.07 Å². The Morgan fingerprint density at radius 1 is 1.00 bits per heavy atom. The summed E-state index contributed by atoms with van der Waals surface area (Å²) in [5.74, 6) is 0.653. The zero-order valence-electron chi connectivity index (χ0n) is 17.5. The maximum absolute atomic E-state index is 13.9. The van der Waals surface area contributed by atoms with Crippen molar-refractivity contribution in [2.24, 2.45) is 0 Å². The molecule has 1 atom stereocenters. The number of hydrogen-bond acceptors (Lipinski definition) is 4. The lowest BCUT2D eigenvalue weighted by molar-refractivity contribution is 0.0656. The van der Waals surface area contributed by atoms with Crippen LogP contribution < -0.4 is 9.64 Å². The molecule has 1 saturated heterocycles. The largest absolute Gasteiger partial charge is 0.491 e. The maximum Gasteiger partial charge on any atom is 0.146 e. The number of aliphatic hydroxyl groups is 1. The molecular formula is C23H32ClFN2O2. The Morgan fingerprint density at radius 3 is 2.28 bits per heavy atom. The minimum atomic E-state index is -0.562. The number of para-hydroxylation sites is 2. The highest BCUT2D eigenvalue weighted by molar-refractivity contribution is 5.85. The smallest absolute Gasteiger partial charge is 0.146 e. The first-order chi connectivity index (χ1) is 13.3.